The van der Waals surface area contributed by atoms with E-state index in [1.807, 2.05) is 109 Å². The van der Waals surface area contributed by atoms with Gasteiger partial charge in [0.25, 0.3) is 0 Å². The van der Waals surface area contributed by atoms with Crippen molar-refractivity contribution in [1.82, 2.24) is 0 Å². The summed E-state index contributed by atoms with van der Waals surface area (Å²) in [5.41, 5.74) is 5.18. The molecule has 0 spiro atoms. The zero-order chi connectivity index (χ0) is 37.1. The minimum atomic E-state index is -0.477. The monoisotopic (exact) mass is 700 g/mol. The molecule has 2 aliphatic rings. The van der Waals surface area contributed by atoms with Gasteiger partial charge in [0.05, 0.1) is 22.4 Å². The zero-order valence-electron chi connectivity index (χ0n) is 31.0. The molecule has 0 N–H and O–H groups in total. The molecule has 5 aromatic rings. The molecule has 266 valence electrons. The first-order valence-electron chi connectivity index (χ1n) is 17.7. The lowest BCUT2D eigenvalue weighted by Crippen LogP contribution is -2.41. The molecule has 0 aromatic heterocycles. The smallest absolute Gasteiger partial charge is 0.399 e. The van der Waals surface area contributed by atoms with Crippen LogP contribution in [0.2, 0.25) is 0 Å². The minimum absolute atomic E-state index is 0.331. The SMILES string of the molecule is CC1(C)OB(c2ccc(N(c3ccc(B4OC(C)(C)C(C)(C)O4)cc3)c3ccc(N(c4ccc(F)cc4)c4ccc(F)cc4)cc3)cc2)OC1(C)C. The molecule has 0 radical (unpaired) electrons. The molecule has 10 heteroatoms. The average Bonchev–Trinajstić information content (AvgIpc) is 3.47. The Bertz CT molecular complexity index is 1860. The summed E-state index contributed by atoms with van der Waals surface area (Å²) in [6, 6.07) is 37.1. The van der Waals surface area contributed by atoms with Crippen LogP contribution in [0, 0.1) is 11.6 Å². The van der Waals surface area contributed by atoms with Gasteiger partial charge in [0.15, 0.2) is 0 Å². The van der Waals surface area contributed by atoms with Gasteiger partial charge in [0.2, 0.25) is 0 Å². The molecule has 2 fully saturated rings. The van der Waals surface area contributed by atoms with Gasteiger partial charge >= 0.3 is 14.2 Å². The third-order valence-corrected chi connectivity index (χ3v) is 10.9. The van der Waals surface area contributed by atoms with E-state index in [0.717, 1.165) is 45.0 Å². The summed E-state index contributed by atoms with van der Waals surface area (Å²) in [5.74, 6) is -0.661. The lowest BCUT2D eigenvalue weighted by Gasteiger charge is -2.32. The molecule has 2 saturated heterocycles. The molecular weight excluding hydrogens is 656 g/mol. The first kappa shape index (κ1) is 35.9. The molecular formula is C42H44B2F2N2O4. The first-order chi connectivity index (χ1) is 24.5. The van der Waals surface area contributed by atoms with Crippen LogP contribution in [0.5, 0.6) is 0 Å². The second kappa shape index (κ2) is 13.2. The van der Waals surface area contributed by atoms with Crippen LogP contribution in [0.15, 0.2) is 121 Å². The van der Waals surface area contributed by atoms with Crippen molar-refractivity contribution in [2.75, 3.05) is 9.80 Å². The second-order valence-corrected chi connectivity index (χ2v) is 15.5. The van der Waals surface area contributed by atoms with Crippen molar-refractivity contribution in [2.45, 2.75) is 77.8 Å². The summed E-state index contributed by atoms with van der Waals surface area (Å²) in [6.45, 7) is 16.4. The summed E-state index contributed by atoms with van der Waals surface area (Å²) >= 11 is 0. The summed E-state index contributed by atoms with van der Waals surface area (Å²) < 4.78 is 53.2. The standard InChI is InChI=1S/C42H44B2F2N2O4/c1-39(2)40(3,4)50-43(49-39)29-9-17-33(18-10-29)47(34-19-11-30(12-20-34)44-51-41(5,6)42(7,8)52-44)37-25-27-38(28-26-37)48(35-21-13-31(45)14-22-35)36-23-15-32(46)16-24-36/h9-28H,1-8H3. The fourth-order valence-corrected chi connectivity index (χ4v) is 6.34. The van der Waals surface area contributed by atoms with E-state index < -0.39 is 36.6 Å². The van der Waals surface area contributed by atoms with Gasteiger partial charge in [-0.15, -0.1) is 0 Å². The average molecular weight is 700 g/mol. The number of nitrogens with zero attached hydrogens (tertiary/aromatic N) is 2. The number of hydrogen-bond donors (Lipinski definition) is 0. The summed E-state index contributed by atoms with van der Waals surface area (Å²) in [5, 5.41) is 0. The van der Waals surface area contributed by atoms with E-state index in [9.17, 15) is 8.78 Å². The molecule has 2 aliphatic heterocycles. The third kappa shape index (κ3) is 6.76. The third-order valence-electron chi connectivity index (χ3n) is 10.9. The molecule has 0 unspecified atom stereocenters. The maximum atomic E-state index is 13.9. The summed E-state index contributed by atoms with van der Waals surface area (Å²) in [6.07, 6.45) is 0. The summed E-state index contributed by atoms with van der Waals surface area (Å²) in [4.78, 5) is 4.14. The Morgan fingerprint density at radius 2 is 0.538 bits per heavy atom. The van der Waals surface area contributed by atoms with Crippen LogP contribution in [0.3, 0.4) is 0 Å². The second-order valence-electron chi connectivity index (χ2n) is 15.5. The van der Waals surface area contributed by atoms with Gasteiger partial charge < -0.3 is 28.4 Å². The lowest BCUT2D eigenvalue weighted by atomic mass is 9.79. The predicted molar refractivity (Wildman–Crippen MR) is 207 cm³/mol. The van der Waals surface area contributed by atoms with Gasteiger partial charge in [-0.1, -0.05) is 24.3 Å². The van der Waals surface area contributed by atoms with Crippen molar-refractivity contribution in [2.24, 2.45) is 0 Å². The molecule has 0 atom stereocenters. The van der Waals surface area contributed by atoms with Gasteiger partial charge in [-0.2, -0.15) is 0 Å². The van der Waals surface area contributed by atoms with Gasteiger partial charge in [-0.25, -0.2) is 8.78 Å². The Labute approximate surface area is 306 Å². The molecule has 0 aliphatic carbocycles. The van der Waals surface area contributed by atoms with E-state index in [0.29, 0.717) is 0 Å². The van der Waals surface area contributed by atoms with Crippen molar-refractivity contribution in [3.8, 4) is 0 Å². The topological polar surface area (TPSA) is 43.4 Å². The van der Waals surface area contributed by atoms with Crippen LogP contribution in [-0.2, 0) is 18.6 Å². The number of anilines is 6. The summed E-state index contributed by atoms with van der Waals surface area (Å²) in [7, 11) is -0.954. The number of halogens is 2. The Morgan fingerprint density at radius 1 is 0.346 bits per heavy atom. The van der Waals surface area contributed by atoms with Gasteiger partial charge in [-0.05, 0) is 163 Å². The van der Waals surface area contributed by atoms with Gasteiger partial charge in [0, 0.05) is 34.1 Å². The molecule has 52 heavy (non-hydrogen) atoms. The normalized spacial score (nSPS) is 18.4. The van der Waals surface area contributed by atoms with Crippen LogP contribution in [-0.4, -0.2) is 36.6 Å². The van der Waals surface area contributed by atoms with Crippen molar-refractivity contribution in [1.29, 1.82) is 0 Å². The van der Waals surface area contributed by atoms with Gasteiger partial charge in [0.1, 0.15) is 11.6 Å². The maximum absolute atomic E-state index is 13.9. The minimum Gasteiger partial charge on any atom is -0.399 e. The number of benzene rings is 5. The fourth-order valence-electron chi connectivity index (χ4n) is 6.34. The molecule has 0 bridgehead atoms. The van der Waals surface area contributed by atoms with Crippen molar-refractivity contribution < 1.29 is 27.4 Å². The predicted octanol–water partition coefficient (Wildman–Crippen LogP) is 9.50. The van der Waals surface area contributed by atoms with E-state index in [1.165, 1.54) is 24.3 Å². The maximum Gasteiger partial charge on any atom is 0.494 e. The Morgan fingerprint density at radius 3 is 0.769 bits per heavy atom. The Balaban J connectivity index is 1.25. The largest absolute Gasteiger partial charge is 0.494 e. The Kier molecular flexibility index (Phi) is 9.11. The van der Waals surface area contributed by atoms with Crippen LogP contribution < -0.4 is 20.7 Å². The number of rotatable bonds is 8. The lowest BCUT2D eigenvalue weighted by molar-refractivity contribution is 0.00578. The molecule has 7 rings (SSSR count). The van der Waals surface area contributed by atoms with Crippen molar-refractivity contribution in [3.63, 3.8) is 0 Å². The van der Waals surface area contributed by atoms with Crippen LogP contribution >= 0.6 is 0 Å². The van der Waals surface area contributed by atoms with Crippen molar-refractivity contribution in [3.05, 3.63) is 133 Å². The highest BCUT2D eigenvalue weighted by molar-refractivity contribution is 6.62. The fraction of sp³-hybridized carbons (Fsp3) is 0.286. The molecule has 6 nitrogen and oxygen atoms in total. The highest BCUT2D eigenvalue weighted by atomic mass is 19.1. The molecule has 5 aromatic carbocycles. The zero-order valence-corrected chi connectivity index (χ0v) is 31.0. The quantitative estimate of drug-likeness (QED) is 0.150. The number of hydrogen-bond acceptors (Lipinski definition) is 6. The first-order valence-corrected chi connectivity index (χ1v) is 17.7. The van der Waals surface area contributed by atoms with Crippen molar-refractivity contribution >= 4 is 59.3 Å². The highest BCUT2D eigenvalue weighted by Gasteiger charge is 2.52. The van der Waals surface area contributed by atoms with E-state index in [4.69, 9.17) is 18.6 Å². The van der Waals surface area contributed by atoms with E-state index in [1.54, 1.807) is 24.3 Å². The molecule has 0 amide bonds. The van der Waals surface area contributed by atoms with Gasteiger partial charge in [-0.3, -0.25) is 0 Å². The van der Waals surface area contributed by atoms with E-state index in [-0.39, 0.29) is 11.6 Å². The Hall–Kier alpha value is -4.47. The van der Waals surface area contributed by atoms with Crippen LogP contribution in [0.4, 0.5) is 42.9 Å². The molecule has 2 heterocycles. The molecule has 0 saturated carbocycles. The van der Waals surface area contributed by atoms with Crippen LogP contribution in [0.25, 0.3) is 0 Å². The van der Waals surface area contributed by atoms with Crippen LogP contribution in [0.1, 0.15) is 55.4 Å². The highest BCUT2D eigenvalue weighted by Crippen LogP contribution is 2.41. The van der Waals surface area contributed by atoms with E-state index >= 15 is 0 Å². The van der Waals surface area contributed by atoms with E-state index in [2.05, 4.69) is 29.2 Å².